The minimum Gasteiger partial charge on any atom is -0.399 e. The van der Waals surface area contributed by atoms with Crippen molar-refractivity contribution in [2.45, 2.75) is 46.7 Å². The second-order valence-corrected chi connectivity index (χ2v) is 6.09. The van der Waals surface area contributed by atoms with Crippen LogP contribution in [0.25, 0.3) is 0 Å². The number of nitrogens with one attached hydrogen (secondary N) is 1. The van der Waals surface area contributed by atoms with E-state index in [-0.39, 0.29) is 23.7 Å². The van der Waals surface area contributed by atoms with Gasteiger partial charge in [-0.15, -0.1) is 0 Å². The largest absolute Gasteiger partial charge is 0.399 e. The van der Waals surface area contributed by atoms with E-state index in [0.717, 1.165) is 6.54 Å². The molecular weight excluding hydrogens is 269 g/mol. The molecule has 1 atom stereocenters. The van der Waals surface area contributed by atoms with Crippen LogP contribution in [-0.2, 0) is 4.79 Å². The molecule has 0 saturated heterocycles. The Morgan fingerprint density at radius 2 is 1.90 bits per heavy atom. The fourth-order valence-electron chi connectivity index (χ4n) is 2.26. The molecule has 5 heteroatoms. The van der Waals surface area contributed by atoms with Crippen molar-refractivity contribution in [1.82, 2.24) is 4.90 Å². The fourth-order valence-corrected chi connectivity index (χ4v) is 2.26. The quantitative estimate of drug-likeness (QED) is 0.793. The molecule has 1 rings (SSSR count). The number of nitrogens with two attached hydrogens (primary N) is 1. The first-order chi connectivity index (χ1) is 9.72. The lowest BCUT2D eigenvalue weighted by molar-refractivity contribution is -0.121. The lowest BCUT2D eigenvalue weighted by atomic mass is 10.1. The summed E-state index contributed by atoms with van der Waals surface area (Å²) in [4.78, 5) is 14.4. The van der Waals surface area contributed by atoms with E-state index < -0.39 is 5.82 Å². The molecule has 4 nitrogen and oxygen atoms in total. The van der Waals surface area contributed by atoms with Crippen molar-refractivity contribution < 1.29 is 9.18 Å². The van der Waals surface area contributed by atoms with Gasteiger partial charge in [-0.2, -0.15) is 0 Å². The molecule has 0 spiro atoms. The number of hydrogen-bond acceptors (Lipinski definition) is 3. The number of rotatable bonds is 6. The zero-order chi connectivity index (χ0) is 16.2. The Kier molecular flexibility index (Phi) is 6.15. The average Bonchev–Trinajstić information content (AvgIpc) is 2.38. The monoisotopic (exact) mass is 295 g/mol. The lowest BCUT2D eigenvalue weighted by Gasteiger charge is -2.33. The Balaban J connectivity index is 2.83. The number of carbonyl (C=O) groups excluding carboxylic acids is 1. The van der Waals surface area contributed by atoms with E-state index in [1.54, 1.807) is 0 Å². The van der Waals surface area contributed by atoms with Gasteiger partial charge in [0.25, 0.3) is 0 Å². The Labute approximate surface area is 126 Å². The minimum absolute atomic E-state index is 0.125. The van der Waals surface area contributed by atoms with Gasteiger partial charge in [-0.3, -0.25) is 9.69 Å². The number of benzene rings is 1. The molecule has 118 valence electrons. The van der Waals surface area contributed by atoms with Gasteiger partial charge in [-0.1, -0.05) is 13.8 Å². The molecule has 0 radical (unpaired) electrons. The normalized spacial score (nSPS) is 13.0. The molecule has 0 fully saturated rings. The van der Waals surface area contributed by atoms with Crippen LogP contribution >= 0.6 is 0 Å². The summed E-state index contributed by atoms with van der Waals surface area (Å²) in [6.07, 6.45) is 0. The summed E-state index contributed by atoms with van der Waals surface area (Å²) in [6.45, 7) is 11.0. The summed E-state index contributed by atoms with van der Waals surface area (Å²) in [5, 5.41) is 2.62. The lowest BCUT2D eigenvalue weighted by Crippen LogP contribution is -2.47. The molecule has 0 aliphatic heterocycles. The van der Waals surface area contributed by atoms with Crippen LogP contribution in [0.1, 0.15) is 34.6 Å². The zero-order valence-electron chi connectivity index (χ0n) is 13.5. The highest BCUT2D eigenvalue weighted by atomic mass is 19.1. The van der Waals surface area contributed by atoms with Crippen molar-refractivity contribution in [3.8, 4) is 0 Å². The third-order valence-electron chi connectivity index (χ3n) is 3.36. The van der Waals surface area contributed by atoms with E-state index >= 15 is 0 Å². The van der Waals surface area contributed by atoms with Gasteiger partial charge in [0.05, 0.1) is 11.7 Å². The van der Waals surface area contributed by atoms with Gasteiger partial charge >= 0.3 is 0 Å². The third kappa shape index (κ3) is 5.01. The summed E-state index contributed by atoms with van der Waals surface area (Å²) in [7, 11) is 0. The molecule has 0 saturated carbocycles. The van der Waals surface area contributed by atoms with Crippen LogP contribution in [-0.4, -0.2) is 29.4 Å². The van der Waals surface area contributed by atoms with Crippen LogP contribution < -0.4 is 11.1 Å². The number of nitrogens with zero attached hydrogens (tertiary/aromatic N) is 1. The van der Waals surface area contributed by atoms with Crippen molar-refractivity contribution >= 4 is 17.3 Å². The second kappa shape index (κ2) is 7.41. The SMILES string of the molecule is CC(C)CN(C(C)C)C(C)C(=O)Nc1cc(N)ccc1F. The van der Waals surface area contributed by atoms with Gasteiger partial charge in [0.2, 0.25) is 5.91 Å². The van der Waals surface area contributed by atoms with E-state index in [4.69, 9.17) is 5.73 Å². The summed E-state index contributed by atoms with van der Waals surface area (Å²) in [5.74, 6) is -0.259. The van der Waals surface area contributed by atoms with Gasteiger partial charge in [-0.05, 0) is 44.9 Å². The molecule has 0 aliphatic rings. The van der Waals surface area contributed by atoms with E-state index in [1.807, 2.05) is 20.8 Å². The molecule has 21 heavy (non-hydrogen) atoms. The van der Waals surface area contributed by atoms with Gasteiger partial charge in [0.15, 0.2) is 0 Å². The van der Waals surface area contributed by atoms with Crippen molar-refractivity contribution in [2.75, 3.05) is 17.6 Å². The number of anilines is 2. The highest BCUT2D eigenvalue weighted by Crippen LogP contribution is 2.19. The standard InChI is InChI=1S/C16H26FN3O/c1-10(2)9-20(11(3)4)12(5)16(21)19-15-8-13(18)6-7-14(15)17/h6-8,10-12H,9,18H2,1-5H3,(H,19,21). The smallest absolute Gasteiger partial charge is 0.241 e. The van der Waals surface area contributed by atoms with Crippen LogP contribution in [0.3, 0.4) is 0 Å². The summed E-state index contributed by atoms with van der Waals surface area (Å²) in [5.41, 5.74) is 6.17. The first kappa shape index (κ1) is 17.4. The maximum absolute atomic E-state index is 13.7. The minimum atomic E-state index is -0.482. The first-order valence-corrected chi connectivity index (χ1v) is 7.34. The molecule has 1 aromatic rings. The number of nitrogen functional groups attached to an aromatic ring is 1. The van der Waals surface area contributed by atoms with Crippen LogP contribution in [0.15, 0.2) is 18.2 Å². The highest BCUT2D eigenvalue weighted by molar-refractivity contribution is 5.95. The predicted octanol–water partition coefficient (Wildman–Crippen LogP) is 3.10. The van der Waals surface area contributed by atoms with Crippen molar-refractivity contribution in [3.05, 3.63) is 24.0 Å². The van der Waals surface area contributed by atoms with E-state index in [1.165, 1.54) is 18.2 Å². The zero-order valence-corrected chi connectivity index (χ0v) is 13.5. The Morgan fingerprint density at radius 1 is 1.29 bits per heavy atom. The molecule has 1 aromatic carbocycles. The van der Waals surface area contributed by atoms with Crippen molar-refractivity contribution in [3.63, 3.8) is 0 Å². The first-order valence-electron chi connectivity index (χ1n) is 7.34. The van der Waals surface area contributed by atoms with Crippen LogP contribution in [0, 0.1) is 11.7 Å². The molecule has 3 N–H and O–H groups in total. The number of amides is 1. The van der Waals surface area contributed by atoms with E-state index in [9.17, 15) is 9.18 Å². The van der Waals surface area contributed by atoms with Gasteiger partial charge < -0.3 is 11.1 Å². The van der Waals surface area contributed by atoms with Crippen LogP contribution in [0.4, 0.5) is 15.8 Å². The average molecular weight is 295 g/mol. The Hall–Kier alpha value is -1.62. The maximum Gasteiger partial charge on any atom is 0.241 e. The highest BCUT2D eigenvalue weighted by Gasteiger charge is 2.24. The number of halogens is 1. The molecule has 1 amide bonds. The molecule has 0 heterocycles. The van der Waals surface area contributed by atoms with Crippen molar-refractivity contribution in [2.24, 2.45) is 5.92 Å². The molecular formula is C16H26FN3O. The Morgan fingerprint density at radius 3 is 2.43 bits per heavy atom. The van der Waals surface area contributed by atoms with Gasteiger partial charge in [-0.25, -0.2) is 4.39 Å². The second-order valence-electron chi connectivity index (χ2n) is 6.09. The van der Waals surface area contributed by atoms with E-state index in [2.05, 4.69) is 24.1 Å². The number of hydrogen-bond donors (Lipinski definition) is 2. The summed E-state index contributed by atoms with van der Waals surface area (Å²) >= 11 is 0. The van der Waals surface area contributed by atoms with Gasteiger partial charge in [0.1, 0.15) is 5.82 Å². The molecule has 1 unspecified atom stereocenters. The van der Waals surface area contributed by atoms with Crippen LogP contribution in [0.5, 0.6) is 0 Å². The van der Waals surface area contributed by atoms with Crippen LogP contribution in [0.2, 0.25) is 0 Å². The summed E-state index contributed by atoms with van der Waals surface area (Å²) in [6, 6.07) is 4.05. The third-order valence-corrected chi connectivity index (χ3v) is 3.36. The van der Waals surface area contributed by atoms with E-state index in [0.29, 0.717) is 11.6 Å². The van der Waals surface area contributed by atoms with Crippen molar-refractivity contribution in [1.29, 1.82) is 0 Å². The fraction of sp³-hybridized carbons (Fsp3) is 0.562. The topological polar surface area (TPSA) is 58.4 Å². The number of carbonyl (C=O) groups is 1. The summed E-state index contributed by atoms with van der Waals surface area (Å²) < 4.78 is 13.7. The molecule has 0 aliphatic carbocycles. The van der Waals surface area contributed by atoms with Gasteiger partial charge in [0, 0.05) is 18.3 Å². The molecule has 0 aromatic heterocycles. The Bertz CT molecular complexity index is 488. The molecule has 0 bridgehead atoms. The maximum atomic E-state index is 13.7. The predicted molar refractivity (Wildman–Crippen MR) is 85.6 cm³/mol.